The van der Waals surface area contributed by atoms with Crippen LogP contribution in [0.2, 0.25) is 0 Å². The van der Waals surface area contributed by atoms with Gasteiger partial charge in [0.2, 0.25) is 0 Å². The maximum Gasteiger partial charge on any atom is 0.196 e. The van der Waals surface area contributed by atoms with E-state index in [1.54, 1.807) is 11.3 Å². The summed E-state index contributed by atoms with van der Waals surface area (Å²) in [5.74, 6) is 1.18. The highest BCUT2D eigenvalue weighted by Gasteiger charge is 2.17. The van der Waals surface area contributed by atoms with Gasteiger partial charge in [0.15, 0.2) is 4.96 Å². The monoisotopic (exact) mass is 285 g/mol. The summed E-state index contributed by atoms with van der Waals surface area (Å²) in [6, 6.07) is 6.38. The maximum atomic E-state index is 6.35. The Morgan fingerprint density at radius 1 is 1.20 bits per heavy atom. The Balaban J connectivity index is 2.22. The molecule has 0 radical (unpaired) electrons. The van der Waals surface area contributed by atoms with Gasteiger partial charge in [-0.25, -0.2) is 4.98 Å². The summed E-state index contributed by atoms with van der Waals surface area (Å²) < 4.78 is 2.08. The zero-order valence-corrected chi connectivity index (χ0v) is 13.1. The third kappa shape index (κ3) is 1.91. The highest BCUT2D eigenvalue weighted by atomic mass is 32.1. The summed E-state index contributed by atoms with van der Waals surface area (Å²) in [5, 5.41) is 2.15. The molecule has 0 saturated heterocycles. The first-order chi connectivity index (χ1) is 9.49. The summed E-state index contributed by atoms with van der Waals surface area (Å²) >= 11 is 1.65. The van der Waals surface area contributed by atoms with Gasteiger partial charge in [-0.2, -0.15) is 0 Å². The van der Waals surface area contributed by atoms with Gasteiger partial charge in [0.1, 0.15) is 11.5 Å². The van der Waals surface area contributed by atoms with Gasteiger partial charge < -0.3 is 5.73 Å². The van der Waals surface area contributed by atoms with Crippen molar-refractivity contribution in [2.75, 3.05) is 5.73 Å². The van der Waals surface area contributed by atoms with Gasteiger partial charge in [-0.3, -0.25) is 4.40 Å². The van der Waals surface area contributed by atoms with Crippen molar-refractivity contribution in [3.63, 3.8) is 0 Å². The molecular weight excluding hydrogens is 266 g/mol. The van der Waals surface area contributed by atoms with Crippen molar-refractivity contribution < 1.29 is 0 Å². The van der Waals surface area contributed by atoms with Crippen LogP contribution in [0.5, 0.6) is 0 Å². The Hall–Kier alpha value is -1.81. The average Bonchev–Trinajstić information content (AvgIpc) is 2.94. The van der Waals surface area contributed by atoms with Crippen LogP contribution in [-0.4, -0.2) is 9.38 Å². The number of benzene rings is 1. The second kappa shape index (κ2) is 4.63. The van der Waals surface area contributed by atoms with Gasteiger partial charge in [-0.1, -0.05) is 26.0 Å². The molecule has 0 saturated carbocycles. The molecule has 0 unspecified atom stereocenters. The Bertz CT molecular complexity index is 780. The topological polar surface area (TPSA) is 43.3 Å². The molecule has 4 heteroatoms. The molecule has 2 N–H and O–H groups in total. The average molecular weight is 285 g/mol. The maximum absolute atomic E-state index is 6.35. The molecule has 3 aromatic rings. The fourth-order valence-electron chi connectivity index (χ4n) is 2.40. The van der Waals surface area contributed by atoms with E-state index in [1.165, 1.54) is 16.8 Å². The van der Waals surface area contributed by atoms with E-state index in [2.05, 4.69) is 55.7 Å². The molecule has 1 aromatic carbocycles. The van der Waals surface area contributed by atoms with Crippen LogP contribution in [-0.2, 0) is 0 Å². The van der Waals surface area contributed by atoms with Crippen molar-refractivity contribution in [2.45, 2.75) is 33.6 Å². The third-order valence-electron chi connectivity index (χ3n) is 3.80. The summed E-state index contributed by atoms with van der Waals surface area (Å²) in [6.07, 6.45) is 0. The van der Waals surface area contributed by atoms with E-state index in [0.29, 0.717) is 5.92 Å². The standard InChI is InChI=1S/C16H19N3S/c1-9(2)13-8-20-16-18-14(15(17)19(13)16)12-6-5-10(3)11(4)7-12/h5-9H,17H2,1-4H3. The number of rotatable bonds is 2. The smallest absolute Gasteiger partial charge is 0.196 e. The Labute approximate surface area is 123 Å². The number of anilines is 1. The molecule has 0 bridgehead atoms. The fraction of sp³-hybridized carbons (Fsp3) is 0.312. The van der Waals surface area contributed by atoms with E-state index in [4.69, 9.17) is 10.7 Å². The SMILES string of the molecule is Cc1ccc(-c2nc3scc(C(C)C)n3c2N)cc1C. The van der Waals surface area contributed by atoms with Crippen LogP contribution < -0.4 is 5.73 Å². The molecule has 104 valence electrons. The molecule has 0 spiro atoms. The van der Waals surface area contributed by atoms with Crippen LogP contribution in [0.25, 0.3) is 16.2 Å². The van der Waals surface area contributed by atoms with Crippen LogP contribution in [0.15, 0.2) is 23.6 Å². The lowest BCUT2D eigenvalue weighted by atomic mass is 10.0. The van der Waals surface area contributed by atoms with E-state index < -0.39 is 0 Å². The largest absolute Gasteiger partial charge is 0.383 e. The second-order valence-electron chi connectivity index (χ2n) is 5.58. The Morgan fingerprint density at radius 3 is 2.60 bits per heavy atom. The van der Waals surface area contributed by atoms with Crippen LogP contribution in [0.3, 0.4) is 0 Å². The number of imidazole rings is 1. The number of aryl methyl sites for hydroxylation is 2. The summed E-state index contributed by atoms with van der Waals surface area (Å²) in [4.78, 5) is 5.68. The van der Waals surface area contributed by atoms with Gasteiger partial charge in [-0.15, -0.1) is 11.3 Å². The number of nitrogen functional groups attached to an aromatic ring is 1. The number of hydrogen-bond acceptors (Lipinski definition) is 3. The van der Waals surface area contributed by atoms with E-state index in [-0.39, 0.29) is 0 Å². The van der Waals surface area contributed by atoms with E-state index in [1.807, 2.05) is 0 Å². The normalized spacial score (nSPS) is 11.7. The number of fused-ring (bicyclic) bond motifs is 1. The quantitative estimate of drug-likeness (QED) is 0.759. The first-order valence-electron chi connectivity index (χ1n) is 6.82. The van der Waals surface area contributed by atoms with Gasteiger partial charge >= 0.3 is 0 Å². The molecule has 0 aliphatic rings. The number of aromatic nitrogens is 2. The molecule has 0 aliphatic carbocycles. The molecule has 0 atom stereocenters. The molecule has 2 aromatic heterocycles. The highest BCUT2D eigenvalue weighted by molar-refractivity contribution is 7.15. The lowest BCUT2D eigenvalue weighted by Gasteiger charge is -2.06. The number of nitrogens with two attached hydrogens (primary N) is 1. The van der Waals surface area contributed by atoms with Crippen molar-refractivity contribution >= 4 is 22.1 Å². The van der Waals surface area contributed by atoms with Crippen molar-refractivity contribution in [2.24, 2.45) is 0 Å². The van der Waals surface area contributed by atoms with E-state index in [9.17, 15) is 0 Å². The van der Waals surface area contributed by atoms with Crippen LogP contribution in [0, 0.1) is 13.8 Å². The predicted octanol–water partition coefficient (Wildman–Crippen LogP) is 4.39. The molecule has 0 fully saturated rings. The summed E-state index contributed by atoms with van der Waals surface area (Å²) in [7, 11) is 0. The number of thiazole rings is 1. The summed E-state index contributed by atoms with van der Waals surface area (Å²) in [5.41, 5.74) is 12.1. The van der Waals surface area contributed by atoms with Crippen LogP contribution >= 0.6 is 11.3 Å². The van der Waals surface area contributed by atoms with Crippen LogP contribution in [0.4, 0.5) is 5.82 Å². The van der Waals surface area contributed by atoms with E-state index in [0.717, 1.165) is 22.0 Å². The molecule has 2 heterocycles. The van der Waals surface area contributed by atoms with E-state index >= 15 is 0 Å². The number of hydrogen-bond donors (Lipinski definition) is 1. The van der Waals surface area contributed by atoms with Gasteiger partial charge in [0.25, 0.3) is 0 Å². The van der Waals surface area contributed by atoms with Gasteiger partial charge in [-0.05, 0) is 37.0 Å². The molecule has 0 aliphatic heterocycles. The predicted molar refractivity (Wildman–Crippen MR) is 86.5 cm³/mol. The third-order valence-corrected chi connectivity index (χ3v) is 4.64. The second-order valence-corrected chi connectivity index (χ2v) is 6.41. The lowest BCUT2D eigenvalue weighted by molar-refractivity contribution is 0.814. The molecule has 3 rings (SSSR count). The van der Waals surface area contributed by atoms with Gasteiger partial charge in [0.05, 0.1) is 0 Å². The minimum Gasteiger partial charge on any atom is -0.383 e. The fourth-order valence-corrected chi connectivity index (χ4v) is 3.46. The van der Waals surface area contributed by atoms with Crippen molar-refractivity contribution in [3.8, 4) is 11.3 Å². The minimum absolute atomic E-state index is 0.438. The zero-order chi connectivity index (χ0) is 14.4. The molecule has 20 heavy (non-hydrogen) atoms. The molecule has 0 amide bonds. The Morgan fingerprint density at radius 2 is 1.95 bits per heavy atom. The first kappa shape index (κ1) is 13.2. The first-order valence-corrected chi connectivity index (χ1v) is 7.70. The zero-order valence-electron chi connectivity index (χ0n) is 12.3. The van der Waals surface area contributed by atoms with Crippen molar-refractivity contribution in [1.29, 1.82) is 0 Å². The highest BCUT2D eigenvalue weighted by Crippen LogP contribution is 2.33. The Kier molecular flexibility index (Phi) is 3.05. The van der Waals surface area contributed by atoms with Crippen molar-refractivity contribution in [3.05, 3.63) is 40.4 Å². The molecule has 3 nitrogen and oxygen atoms in total. The van der Waals surface area contributed by atoms with Gasteiger partial charge in [0, 0.05) is 16.6 Å². The summed E-state index contributed by atoms with van der Waals surface area (Å²) in [6.45, 7) is 8.59. The van der Waals surface area contributed by atoms with Crippen LogP contribution in [0.1, 0.15) is 36.6 Å². The molecular formula is C16H19N3S. The lowest BCUT2D eigenvalue weighted by Crippen LogP contribution is -1.99. The minimum atomic E-state index is 0.438. The van der Waals surface area contributed by atoms with Crippen molar-refractivity contribution in [1.82, 2.24) is 9.38 Å². The number of nitrogens with zero attached hydrogens (tertiary/aromatic N) is 2.